The van der Waals surface area contributed by atoms with Crippen molar-refractivity contribution in [1.29, 1.82) is 0 Å². The summed E-state index contributed by atoms with van der Waals surface area (Å²) in [6.45, 7) is 1.83. The largest absolute Gasteiger partial charge is 0.395 e. The number of benzene rings is 1. The molecular weight excluding hydrogens is 311 g/mol. The van der Waals surface area contributed by atoms with E-state index in [1.807, 2.05) is 11.0 Å². The third-order valence-electron chi connectivity index (χ3n) is 3.88. The molecule has 0 radical (unpaired) electrons. The lowest BCUT2D eigenvalue weighted by molar-refractivity contribution is -0.132. The van der Waals surface area contributed by atoms with Gasteiger partial charge in [0.15, 0.2) is 0 Å². The van der Waals surface area contributed by atoms with Crippen molar-refractivity contribution in [3.8, 4) is 0 Å². The lowest BCUT2D eigenvalue weighted by atomic mass is 10.2. The molecule has 0 bridgehead atoms. The van der Waals surface area contributed by atoms with Gasteiger partial charge in [0.05, 0.1) is 23.2 Å². The molecule has 1 amide bonds. The standard InChI is InChI=1S/C15H20Cl2N2O2/c1-18(8-11-4-5-13(16)14(17)7-11)15(21)9-19-6-2-3-12(19)10-20/h4-5,7,12,20H,2-3,6,8-10H2,1H3/t12-/m1/s1. The molecule has 1 aliphatic heterocycles. The highest BCUT2D eigenvalue weighted by Crippen LogP contribution is 2.23. The molecule has 0 saturated carbocycles. The van der Waals surface area contributed by atoms with Gasteiger partial charge in [0.2, 0.25) is 5.91 Å². The molecule has 0 unspecified atom stereocenters. The molecule has 0 aromatic heterocycles. The topological polar surface area (TPSA) is 43.8 Å². The molecule has 2 rings (SSSR count). The Morgan fingerprint density at radius 1 is 1.43 bits per heavy atom. The number of likely N-dealkylation sites (N-methyl/N-ethyl adjacent to an activating group) is 1. The number of amides is 1. The number of halogens is 2. The maximum atomic E-state index is 12.3. The number of aliphatic hydroxyl groups excluding tert-OH is 1. The molecule has 1 aliphatic rings. The van der Waals surface area contributed by atoms with Crippen LogP contribution in [0.4, 0.5) is 0 Å². The monoisotopic (exact) mass is 330 g/mol. The Labute approximate surface area is 135 Å². The second-order valence-corrected chi connectivity index (χ2v) is 6.26. The van der Waals surface area contributed by atoms with Crippen LogP contribution in [-0.2, 0) is 11.3 Å². The first-order chi connectivity index (χ1) is 10.0. The maximum absolute atomic E-state index is 12.3. The summed E-state index contributed by atoms with van der Waals surface area (Å²) in [4.78, 5) is 16.0. The fourth-order valence-electron chi connectivity index (χ4n) is 2.60. The minimum atomic E-state index is 0.0430. The molecule has 0 aliphatic carbocycles. The van der Waals surface area contributed by atoms with E-state index in [0.29, 0.717) is 23.1 Å². The van der Waals surface area contributed by atoms with Crippen LogP contribution in [0.1, 0.15) is 18.4 Å². The summed E-state index contributed by atoms with van der Waals surface area (Å²) in [6, 6.07) is 5.50. The number of rotatable bonds is 5. The number of hydrogen-bond donors (Lipinski definition) is 1. The molecule has 6 heteroatoms. The summed E-state index contributed by atoms with van der Waals surface area (Å²) in [5.74, 6) is 0.0430. The van der Waals surface area contributed by atoms with E-state index in [1.165, 1.54) is 0 Å². The number of hydrogen-bond acceptors (Lipinski definition) is 3. The minimum absolute atomic E-state index is 0.0430. The van der Waals surface area contributed by atoms with Crippen molar-refractivity contribution in [1.82, 2.24) is 9.80 Å². The van der Waals surface area contributed by atoms with Crippen LogP contribution in [0.5, 0.6) is 0 Å². The molecule has 1 fully saturated rings. The zero-order valence-electron chi connectivity index (χ0n) is 12.1. The van der Waals surface area contributed by atoms with Gasteiger partial charge in [0, 0.05) is 19.6 Å². The SMILES string of the molecule is CN(Cc1ccc(Cl)c(Cl)c1)C(=O)CN1CCC[C@@H]1CO. The van der Waals surface area contributed by atoms with Gasteiger partial charge in [0.1, 0.15) is 0 Å². The normalized spacial score (nSPS) is 19.0. The van der Waals surface area contributed by atoms with Gasteiger partial charge in [-0.15, -0.1) is 0 Å². The zero-order chi connectivity index (χ0) is 15.4. The lowest BCUT2D eigenvalue weighted by Crippen LogP contribution is -2.41. The number of aliphatic hydroxyl groups is 1. The molecule has 1 aromatic carbocycles. The molecule has 1 N–H and O–H groups in total. The zero-order valence-corrected chi connectivity index (χ0v) is 13.6. The summed E-state index contributed by atoms with van der Waals surface area (Å²) in [6.07, 6.45) is 2.00. The van der Waals surface area contributed by atoms with Gasteiger partial charge in [-0.3, -0.25) is 9.69 Å². The van der Waals surface area contributed by atoms with Crippen LogP contribution >= 0.6 is 23.2 Å². The summed E-state index contributed by atoms with van der Waals surface area (Å²) in [7, 11) is 1.77. The van der Waals surface area contributed by atoms with Gasteiger partial charge in [-0.25, -0.2) is 0 Å². The second kappa shape index (κ2) is 7.45. The van der Waals surface area contributed by atoms with Crippen LogP contribution in [0.3, 0.4) is 0 Å². The third kappa shape index (κ3) is 4.33. The fraction of sp³-hybridized carbons (Fsp3) is 0.533. The predicted molar refractivity (Wildman–Crippen MR) is 84.6 cm³/mol. The minimum Gasteiger partial charge on any atom is -0.395 e. The first-order valence-corrected chi connectivity index (χ1v) is 7.79. The van der Waals surface area contributed by atoms with Crippen LogP contribution in [-0.4, -0.2) is 53.6 Å². The van der Waals surface area contributed by atoms with Crippen molar-refractivity contribution in [3.05, 3.63) is 33.8 Å². The average Bonchev–Trinajstić information content (AvgIpc) is 2.90. The van der Waals surface area contributed by atoms with Crippen LogP contribution in [0, 0.1) is 0 Å². The first kappa shape index (κ1) is 16.6. The van der Waals surface area contributed by atoms with Gasteiger partial charge in [-0.05, 0) is 37.1 Å². The molecule has 1 saturated heterocycles. The van der Waals surface area contributed by atoms with Crippen molar-refractivity contribution >= 4 is 29.1 Å². The smallest absolute Gasteiger partial charge is 0.236 e. The average molecular weight is 331 g/mol. The van der Waals surface area contributed by atoms with Gasteiger partial charge < -0.3 is 10.0 Å². The van der Waals surface area contributed by atoms with E-state index in [9.17, 15) is 9.90 Å². The third-order valence-corrected chi connectivity index (χ3v) is 4.62. The number of likely N-dealkylation sites (tertiary alicyclic amines) is 1. The summed E-state index contributed by atoms with van der Waals surface area (Å²) >= 11 is 11.9. The Kier molecular flexibility index (Phi) is 5.88. The maximum Gasteiger partial charge on any atom is 0.236 e. The summed E-state index contributed by atoms with van der Waals surface area (Å²) in [5, 5.41) is 10.3. The Morgan fingerprint density at radius 2 is 2.19 bits per heavy atom. The van der Waals surface area contributed by atoms with Crippen LogP contribution < -0.4 is 0 Å². The van der Waals surface area contributed by atoms with E-state index < -0.39 is 0 Å². The summed E-state index contributed by atoms with van der Waals surface area (Å²) in [5.41, 5.74) is 0.945. The van der Waals surface area contributed by atoms with E-state index >= 15 is 0 Å². The Balaban J connectivity index is 1.91. The van der Waals surface area contributed by atoms with Crippen molar-refractivity contribution in [2.24, 2.45) is 0 Å². The van der Waals surface area contributed by atoms with E-state index in [4.69, 9.17) is 23.2 Å². The molecule has 1 heterocycles. The second-order valence-electron chi connectivity index (χ2n) is 5.45. The molecular formula is C15H20Cl2N2O2. The number of carbonyl (C=O) groups is 1. The predicted octanol–water partition coefficient (Wildman–Crippen LogP) is 2.41. The lowest BCUT2D eigenvalue weighted by Gasteiger charge is -2.25. The molecule has 21 heavy (non-hydrogen) atoms. The highest BCUT2D eigenvalue weighted by atomic mass is 35.5. The molecule has 116 valence electrons. The Bertz CT molecular complexity index is 510. The molecule has 1 aromatic rings. The highest BCUT2D eigenvalue weighted by Gasteiger charge is 2.26. The Morgan fingerprint density at radius 3 is 2.86 bits per heavy atom. The van der Waals surface area contributed by atoms with Gasteiger partial charge >= 0.3 is 0 Å². The van der Waals surface area contributed by atoms with Crippen LogP contribution in [0.2, 0.25) is 10.0 Å². The van der Waals surface area contributed by atoms with Gasteiger partial charge in [0.25, 0.3) is 0 Å². The van der Waals surface area contributed by atoms with E-state index in [-0.39, 0.29) is 18.6 Å². The quantitative estimate of drug-likeness (QED) is 0.901. The van der Waals surface area contributed by atoms with Crippen molar-refractivity contribution in [2.75, 3.05) is 26.7 Å². The van der Waals surface area contributed by atoms with Gasteiger partial charge in [-0.1, -0.05) is 29.3 Å². The summed E-state index contributed by atoms with van der Waals surface area (Å²) < 4.78 is 0. The number of carbonyl (C=O) groups excluding carboxylic acids is 1. The van der Waals surface area contributed by atoms with E-state index in [0.717, 1.165) is 24.9 Å². The fourth-order valence-corrected chi connectivity index (χ4v) is 2.93. The van der Waals surface area contributed by atoms with Crippen molar-refractivity contribution < 1.29 is 9.90 Å². The molecule has 1 atom stereocenters. The first-order valence-electron chi connectivity index (χ1n) is 7.04. The molecule has 4 nitrogen and oxygen atoms in total. The number of nitrogens with zero attached hydrogens (tertiary/aromatic N) is 2. The van der Waals surface area contributed by atoms with Crippen molar-refractivity contribution in [2.45, 2.75) is 25.4 Å². The van der Waals surface area contributed by atoms with E-state index in [2.05, 4.69) is 0 Å². The van der Waals surface area contributed by atoms with Gasteiger partial charge in [-0.2, -0.15) is 0 Å². The van der Waals surface area contributed by atoms with Crippen molar-refractivity contribution in [3.63, 3.8) is 0 Å². The van der Waals surface area contributed by atoms with E-state index in [1.54, 1.807) is 24.1 Å². The van der Waals surface area contributed by atoms with Crippen LogP contribution in [0.25, 0.3) is 0 Å². The molecule has 0 spiro atoms. The highest BCUT2D eigenvalue weighted by molar-refractivity contribution is 6.42. The van der Waals surface area contributed by atoms with Crippen LogP contribution in [0.15, 0.2) is 18.2 Å². The Hall–Kier alpha value is -0.810.